The number of likely N-dealkylation sites (N-methyl/N-ethyl adjacent to an activating group) is 1. The zero-order chi connectivity index (χ0) is 14.1. The summed E-state index contributed by atoms with van der Waals surface area (Å²) >= 11 is 1.77. The fourth-order valence-electron chi connectivity index (χ4n) is 2.32. The summed E-state index contributed by atoms with van der Waals surface area (Å²) in [6.07, 6.45) is 0.857. The number of aryl methyl sites for hydroxylation is 2. The van der Waals surface area contributed by atoms with Crippen LogP contribution < -0.4 is 5.32 Å². The van der Waals surface area contributed by atoms with E-state index < -0.39 is 0 Å². The number of benzene rings is 1. The van der Waals surface area contributed by atoms with E-state index in [-0.39, 0.29) is 6.04 Å². The van der Waals surface area contributed by atoms with Crippen molar-refractivity contribution < 1.29 is 4.42 Å². The molecule has 3 rings (SSSR count). The lowest BCUT2D eigenvalue weighted by Gasteiger charge is -2.11. The SMILES string of the molecule is CNC(Cc1nc(C)c(C)s1)c1cc2ccccc2o1. The van der Waals surface area contributed by atoms with Gasteiger partial charge in [-0.3, -0.25) is 0 Å². The molecule has 0 aliphatic heterocycles. The molecule has 0 spiro atoms. The Labute approximate surface area is 122 Å². The number of nitrogens with one attached hydrogen (secondary N) is 1. The lowest BCUT2D eigenvalue weighted by molar-refractivity contribution is 0.450. The monoisotopic (exact) mass is 286 g/mol. The number of furan rings is 1. The molecule has 20 heavy (non-hydrogen) atoms. The number of fused-ring (bicyclic) bond motifs is 1. The highest BCUT2D eigenvalue weighted by Crippen LogP contribution is 2.27. The highest BCUT2D eigenvalue weighted by molar-refractivity contribution is 7.11. The predicted molar refractivity (Wildman–Crippen MR) is 83.3 cm³/mol. The zero-order valence-corrected chi connectivity index (χ0v) is 12.8. The first kappa shape index (κ1) is 13.3. The molecule has 3 nitrogen and oxygen atoms in total. The molecule has 104 valence electrons. The Morgan fingerprint density at radius 2 is 2.10 bits per heavy atom. The Morgan fingerprint density at radius 3 is 2.75 bits per heavy atom. The number of para-hydroxylation sites is 1. The van der Waals surface area contributed by atoms with Crippen LogP contribution in [0.25, 0.3) is 11.0 Å². The third-order valence-electron chi connectivity index (χ3n) is 3.59. The van der Waals surface area contributed by atoms with Crippen LogP contribution in [0.2, 0.25) is 0 Å². The second-order valence-corrected chi connectivity index (χ2v) is 6.27. The summed E-state index contributed by atoms with van der Waals surface area (Å²) in [6.45, 7) is 4.18. The number of hydrogen-bond donors (Lipinski definition) is 1. The molecule has 0 fully saturated rings. The van der Waals surface area contributed by atoms with E-state index in [0.717, 1.165) is 33.9 Å². The van der Waals surface area contributed by atoms with Crippen LogP contribution in [0.1, 0.15) is 27.4 Å². The number of thiazole rings is 1. The van der Waals surface area contributed by atoms with Crippen molar-refractivity contribution in [3.05, 3.63) is 51.7 Å². The number of nitrogens with zero attached hydrogens (tertiary/aromatic N) is 1. The van der Waals surface area contributed by atoms with Gasteiger partial charge in [0.15, 0.2) is 0 Å². The third-order valence-corrected chi connectivity index (χ3v) is 4.68. The topological polar surface area (TPSA) is 38.1 Å². The molecule has 0 radical (unpaired) electrons. The average molecular weight is 286 g/mol. The Hall–Kier alpha value is -1.65. The minimum Gasteiger partial charge on any atom is -0.459 e. The number of aromatic nitrogens is 1. The van der Waals surface area contributed by atoms with Gasteiger partial charge in [0, 0.05) is 16.7 Å². The molecule has 0 aliphatic rings. The third kappa shape index (κ3) is 2.49. The van der Waals surface area contributed by atoms with Gasteiger partial charge < -0.3 is 9.73 Å². The van der Waals surface area contributed by atoms with Gasteiger partial charge in [-0.2, -0.15) is 0 Å². The summed E-state index contributed by atoms with van der Waals surface area (Å²) < 4.78 is 5.94. The first-order valence-electron chi connectivity index (χ1n) is 6.76. The lowest BCUT2D eigenvalue weighted by atomic mass is 10.1. The molecule has 0 amide bonds. The molecular formula is C16H18N2OS. The van der Waals surface area contributed by atoms with Crippen molar-refractivity contribution in [1.82, 2.24) is 10.3 Å². The van der Waals surface area contributed by atoms with Crippen molar-refractivity contribution in [2.75, 3.05) is 7.05 Å². The van der Waals surface area contributed by atoms with E-state index in [2.05, 4.69) is 36.3 Å². The molecule has 0 bridgehead atoms. The van der Waals surface area contributed by atoms with Crippen LogP contribution >= 0.6 is 11.3 Å². The van der Waals surface area contributed by atoms with Gasteiger partial charge in [0.25, 0.3) is 0 Å². The van der Waals surface area contributed by atoms with Crippen molar-refractivity contribution in [1.29, 1.82) is 0 Å². The molecule has 4 heteroatoms. The van der Waals surface area contributed by atoms with Crippen LogP contribution in [0.3, 0.4) is 0 Å². The molecule has 1 aromatic carbocycles. The standard InChI is InChI=1S/C16H18N2OS/c1-10-11(2)20-16(18-10)9-13(17-3)15-8-12-6-4-5-7-14(12)19-15/h4-8,13,17H,9H2,1-3H3. The summed E-state index contributed by atoms with van der Waals surface area (Å²) in [4.78, 5) is 5.91. The maximum atomic E-state index is 5.94. The Bertz CT molecular complexity index is 676. The van der Waals surface area contributed by atoms with Gasteiger partial charge >= 0.3 is 0 Å². The van der Waals surface area contributed by atoms with E-state index in [9.17, 15) is 0 Å². The van der Waals surface area contributed by atoms with E-state index in [1.165, 1.54) is 4.88 Å². The Kier molecular flexibility index (Phi) is 3.59. The first-order chi connectivity index (χ1) is 9.67. The van der Waals surface area contributed by atoms with Gasteiger partial charge in [-0.25, -0.2) is 4.98 Å². The van der Waals surface area contributed by atoms with E-state index >= 15 is 0 Å². The van der Waals surface area contributed by atoms with Gasteiger partial charge in [0.1, 0.15) is 11.3 Å². The summed E-state index contributed by atoms with van der Waals surface area (Å²) in [6, 6.07) is 10.4. The highest BCUT2D eigenvalue weighted by atomic mass is 32.1. The minimum atomic E-state index is 0.160. The van der Waals surface area contributed by atoms with E-state index in [4.69, 9.17) is 4.42 Å². The highest BCUT2D eigenvalue weighted by Gasteiger charge is 2.17. The second kappa shape index (κ2) is 5.38. The molecular weight excluding hydrogens is 268 g/mol. The fraction of sp³-hybridized carbons (Fsp3) is 0.312. The average Bonchev–Trinajstić information content (AvgIpc) is 3.00. The molecule has 0 aliphatic carbocycles. The number of rotatable bonds is 4. The van der Waals surface area contributed by atoms with Crippen molar-refractivity contribution in [3.8, 4) is 0 Å². The number of hydrogen-bond acceptors (Lipinski definition) is 4. The summed E-state index contributed by atoms with van der Waals surface area (Å²) in [5.74, 6) is 0.971. The van der Waals surface area contributed by atoms with Gasteiger partial charge in [-0.15, -0.1) is 11.3 Å². The van der Waals surface area contributed by atoms with Crippen LogP contribution in [0, 0.1) is 13.8 Å². The van der Waals surface area contributed by atoms with Gasteiger partial charge in [0.2, 0.25) is 0 Å². The smallest absolute Gasteiger partial charge is 0.134 e. The summed E-state index contributed by atoms with van der Waals surface area (Å²) in [5.41, 5.74) is 2.07. The molecule has 2 aromatic heterocycles. The molecule has 2 heterocycles. The fourth-order valence-corrected chi connectivity index (χ4v) is 3.30. The van der Waals surface area contributed by atoms with Crippen LogP contribution in [0.4, 0.5) is 0 Å². The quantitative estimate of drug-likeness (QED) is 0.787. The predicted octanol–water partition coefficient (Wildman–Crippen LogP) is 4.01. The zero-order valence-electron chi connectivity index (χ0n) is 11.9. The Morgan fingerprint density at radius 1 is 1.30 bits per heavy atom. The largest absolute Gasteiger partial charge is 0.459 e. The second-order valence-electron chi connectivity index (χ2n) is 4.98. The van der Waals surface area contributed by atoms with Crippen molar-refractivity contribution >= 4 is 22.3 Å². The van der Waals surface area contributed by atoms with Crippen molar-refractivity contribution in [3.63, 3.8) is 0 Å². The molecule has 3 aromatic rings. The maximum absolute atomic E-state index is 5.94. The molecule has 1 unspecified atom stereocenters. The van der Waals surface area contributed by atoms with Crippen LogP contribution in [-0.4, -0.2) is 12.0 Å². The summed E-state index contributed by atoms with van der Waals surface area (Å²) in [7, 11) is 1.96. The van der Waals surface area contributed by atoms with Crippen molar-refractivity contribution in [2.45, 2.75) is 26.3 Å². The van der Waals surface area contributed by atoms with Gasteiger partial charge in [0.05, 0.1) is 16.7 Å². The van der Waals surface area contributed by atoms with E-state index in [1.54, 1.807) is 11.3 Å². The van der Waals surface area contributed by atoms with E-state index in [1.807, 2.05) is 25.2 Å². The van der Waals surface area contributed by atoms with Crippen LogP contribution in [-0.2, 0) is 6.42 Å². The minimum absolute atomic E-state index is 0.160. The van der Waals surface area contributed by atoms with Gasteiger partial charge in [-0.05, 0) is 33.0 Å². The maximum Gasteiger partial charge on any atom is 0.134 e. The Balaban J connectivity index is 1.89. The first-order valence-corrected chi connectivity index (χ1v) is 7.57. The van der Waals surface area contributed by atoms with Crippen LogP contribution in [0.15, 0.2) is 34.7 Å². The summed E-state index contributed by atoms with van der Waals surface area (Å²) in [5, 5.41) is 5.63. The normalized spacial score (nSPS) is 12.9. The molecule has 0 saturated carbocycles. The van der Waals surface area contributed by atoms with Gasteiger partial charge in [-0.1, -0.05) is 18.2 Å². The molecule has 1 atom stereocenters. The lowest BCUT2D eigenvalue weighted by Crippen LogP contribution is -2.18. The molecule has 0 saturated heterocycles. The van der Waals surface area contributed by atoms with E-state index in [0.29, 0.717) is 0 Å². The van der Waals surface area contributed by atoms with Crippen LogP contribution in [0.5, 0.6) is 0 Å². The van der Waals surface area contributed by atoms with Crippen molar-refractivity contribution in [2.24, 2.45) is 0 Å². The molecule has 1 N–H and O–H groups in total.